The number of aromatic nitrogens is 1. The van der Waals surface area contributed by atoms with Crippen LogP contribution < -0.4 is 5.32 Å². The van der Waals surface area contributed by atoms with E-state index in [9.17, 15) is 8.42 Å². The SMILES string of the molecule is CNC(CCS(C)(=O)=O)c1cccnc1. The lowest BCUT2D eigenvalue weighted by Gasteiger charge is -2.15. The lowest BCUT2D eigenvalue weighted by molar-refractivity contribution is 0.558. The van der Waals surface area contributed by atoms with Crippen LogP contribution in [0.25, 0.3) is 0 Å². The van der Waals surface area contributed by atoms with Crippen LogP contribution >= 0.6 is 0 Å². The molecule has 1 rings (SSSR count). The molecule has 15 heavy (non-hydrogen) atoms. The molecule has 0 aliphatic heterocycles. The quantitative estimate of drug-likeness (QED) is 0.809. The van der Waals surface area contributed by atoms with Crippen molar-refractivity contribution in [2.24, 2.45) is 0 Å². The fourth-order valence-corrected chi connectivity index (χ4v) is 2.06. The van der Waals surface area contributed by atoms with Crippen LogP contribution in [0.3, 0.4) is 0 Å². The van der Waals surface area contributed by atoms with Gasteiger partial charge in [-0.25, -0.2) is 8.42 Å². The molecule has 1 atom stereocenters. The van der Waals surface area contributed by atoms with Crippen LogP contribution in [0.1, 0.15) is 18.0 Å². The van der Waals surface area contributed by atoms with Crippen LogP contribution in [0.2, 0.25) is 0 Å². The van der Waals surface area contributed by atoms with Crippen molar-refractivity contribution in [2.75, 3.05) is 19.1 Å². The van der Waals surface area contributed by atoms with Gasteiger partial charge in [0.1, 0.15) is 9.84 Å². The molecule has 0 saturated carbocycles. The lowest BCUT2D eigenvalue weighted by atomic mass is 10.1. The number of nitrogens with one attached hydrogen (secondary N) is 1. The molecule has 1 unspecified atom stereocenters. The zero-order chi connectivity index (χ0) is 11.3. The average molecular weight is 228 g/mol. The normalized spacial score (nSPS) is 13.7. The average Bonchev–Trinajstić information content (AvgIpc) is 2.19. The number of pyridine rings is 1. The van der Waals surface area contributed by atoms with Crippen molar-refractivity contribution in [1.29, 1.82) is 0 Å². The standard InChI is InChI=1S/C10H16N2O2S/c1-11-10(5-7-15(2,13)14)9-4-3-6-12-8-9/h3-4,6,8,10-11H,5,7H2,1-2H3. The maximum Gasteiger partial charge on any atom is 0.147 e. The molecule has 0 fully saturated rings. The first-order valence-corrected chi connectivity index (χ1v) is 6.84. The van der Waals surface area contributed by atoms with Gasteiger partial charge in [0.15, 0.2) is 0 Å². The molecule has 0 spiro atoms. The van der Waals surface area contributed by atoms with Gasteiger partial charge in [-0.15, -0.1) is 0 Å². The van der Waals surface area contributed by atoms with Crippen molar-refractivity contribution >= 4 is 9.84 Å². The zero-order valence-electron chi connectivity index (χ0n) is 8.97. The molecule has 0 saturated heterocycles. The molecular formula is C10H16N2O2S. The fraction of sp³-hybridized carbons (Fsp3) is 0.500. The second-order valence-electron chi connectivity index (χ2n) is 3.55. The third kappa shape index (κ3) is 4.40. The maximum atomic E-state index is 11.0. The van der Waals surface area contributed by atoms with Crippen molar-refractivity contribution in [3.63, 3.8) is 0 Å². The van der Waals surface area contributed by atoms with E-state index in [2.05, 4.69) is 10.3 Å². The molecule has 0 aliphatic rings. The molecule has 0 bridgehead atoms. The summed E-state index contributed by atoms with van der Waals surface area (Å²) in [5.41, 5.74) is 1.02. The second kappa shape index (κ2) is 5.23. The summed E-state index contributed by atoms with van der Waals surface area (Å²) in [5.74, 6) is 0.188. The molecule has 1 aromatic rings. The zero-order valence-corrected chi connectivity index (χ0v) is 9.79. The van der Waals surface area contributed by atoms with E-state index in [1.165, 1.54) is 6.26 Å². The van der Waals surface area contributed by atoms with Gasteiger partial charge in [-0.1, -0.05) is 6.07 Å². The first-order chi connectivity index (χ1) is 7.03. The highest BCUT2D eigenvalue weighted by atomic mass is 32.2. The van der Waals surface area contributed by atoms with Gasteiger partial charge in [0.25, 0.3) is 0 Å². The van der Waals surface area contributed by atoms with Gasteiger partial charge >= 0.3 is 0 Å². The molecule has 0 amide bonds. The molecular weight excluding hydrogens is 212 g/mol. The van der Waals surface area contributed by atoms with Gasteiger partial charge in [0.2, 0.25) is 0 Å². The molecule has 5 heteroatoms. The van der Waals surface area contributed by atoms with Gasteiger partial charge in [0, 0.05) is 24.7 Å². The van der Waals surface area contributed by atoms with Crippen LogP contribution in [-0.4, -0.2) is 32.5 Å². The van der Waals surface area contributed by atoms with Crippen LogP contribution in [0.5, 0.6) is 0 Å². The Bertz CT molecular complexity index is 389. The number of nitrogens with zero attached hydrogens (tertiary/aromatic N) is 1. The van der Waals surface area contributed by atoms with E-state index < -0.39 is 9.84 Å². The van der Waals surface area contributed by atoms with E-state index in [-0.39, 0.29) is 11.8 Å². The van der Waals surface area contributed by atoms with Gasteiger partial charge in [0.05, 0.1) is 5.75 Å². The molecule has 0 aliphatic carbocycles. The Balaban J connectivity index is 2.66. The number of hydrogen-bond donors (Lipinski definition) is 1. The van der Waals surface area contributed by atoms with Crippen LogP contribution in [-0.2, 0) is 9.84 Å². The maximum absolute atomic E-state index is 11.0. The van der Waals surface area contributed by atoms with Crippen molar-refractivity contribution in [1.82, 2.24) is 10.3 Å². The molecule has 1 N–H and O–H groups in total. The van der Waals surface area contributed by atoms with E-state index in [0.717, 1.165) is 5.56 Å². The first kappa shape index (κ1) is 12.1. The molecule has 84 valence electrons. The highest BCUT2D eigenvalue weighted by molar-refractivity contribution is 7.90. The first-order valence-electron chi connectivity index (χ1n) is 4.78. The predicted molar refractivity (Wildman–Crippen MR) is 60.4 cm³/mol. The third-order valence-corrected chi connectivity index (χ3v) is 3.19. The summed E-state index contributed by atoms with van der Waals surface area (Å²) in [6.07, 6.45) is 5.28. The summed E-state index contributed by atoms with van der Waals surface area (Å²) in [7, 11) is -1.08. The third-order valence-electron chi connectivity index (χ3n) is 2.21. The van der Waals surface area contributed by atoms with Crippen molar-refractivity contribution < 1.29 is 8.42 Å². The summed E-state index contributed by atoms with van der Waals surface area (Å²) >= 11 is 0. The van der Waals surface area contributed by atoms with E-state index >= 15 is 0 Å². The van der Waals surface area contributed by atoms with Crippen LogP contribution in [0.15, 0.2) is 24.5 Å². The Morgan fingerprint density at radius 2 is 2.27 bits per heavy atom. The van der Waals surface area contributed by atoms with Crippen molar-refractivity contribution in [2.45, 2.75) is 12.5 Å². The molecule has 1 heterocycles. The highest BCUT2D eigenvalue weighted by Gasteiger charge is 2.12. The Labute approximate surface area is 90.7 Å². The summed E-state index contributed by atoms with van der Waals surface area (Å²) in [6, 6.07) is 3.84. The highest BCUT2D eigenvalue weighted by Crippen LogP contribution is 2.15. The van der Waals surface area contributed by atoms with Gasteiger partial charge in [-0.3, -0.25) is 4.98 Å². The van der Waals surface area contributed by atoms with Crippen LogP contribution in [0, 0.1) is 0 Å². The Morgan fingerprint density at radius 3 is 2.73 bits per heavy atom. The number of sulfone groups is 1. The van der Waals surface area contributed by atoms with Crippen molar-refractivity contribution in [3.05, 3.63) is 30.1 Å². The van der Waals surface area contributed by atoms with Gasteiger partial charge in [-0.2, -0.15) is 0 Å². The topological polar surface area (TPSA) is 59.1 Å². The Hall–Kier alpha value is -0.940. The van der Waals surface area contributed by atoms with E-state index in [4.69, 9.17) is 0 Å². The number of rotatable bonds is 5. The summed E-state index contributed by atoms with van der Waals surface area (Å²) < 4.78 is 22.1. The lowest BCUT2D eigenvalue weighted by Crippen LogP contribution is -2.19. The Kier molecular flexibility index (Phi) is 4.23. The van der Waals surface area contributed by atoms with Gasteiger partial charge in [-0.05, 0) is 25.1 Å². The number of hydrogen-bond acceptors (Lipinski definition) is 4. The smallest absolute Gasteiger partial charge is 0.147 e. The molecule has 4 nitrogen and oxygen atoms in total. The minimum Gasteiger partial charge on any atom is -0.313 e. The minimum absolute atomic E-state index is 0.0495. The van der Waals surface area contributed by atoms with E-state index in [1.54, 1.807) is 12.4 Å². The predicted octanol–water partition coefficient (Wildman–Crippen LogP) is 0.777. The minimum atomic E-state index is -2.90. The van der Waals surface area contributed by atoms with E-state index in [1.807, 2.05) is 19.2 Å². The Morgan fingerprint density at radius 1 is 1.53 bits per heavy atom. The van der Waals surface area contributed by atoms with Crippen molar-refractivity contribution in [3.8, 4) is 0 Å². The largest absolute Gasteiger partial charge is 0.313 e. The monoisotopic (exact) mass is 228 g/mol. The van der Waals surface area contributed by atoms with Gasteiger partial charge < -0.3 is 5.32 Å². The summed E-state index contributed by atoms with van der Waals surface area (Å²) in [5, 5.41) is 3.09. The summed E-state index contributed by atoms with van der Waals surface area (Å²) in [4.78, 5) is 4.01. The van der Waals surface area contributed by atoms with E-state index in [0.29, 0.717) is 6.42 Å². The second-order valence-corrected chi connectivity index (χ2v) is 5.81. The van der Waals surface area contributed by atoms with Crippen LogP contribution in [0.4, 0.5) is 0 Å². The summed E-state index contributed by atoms with van der Waals surface area (Å²) in [6.45, 7) is 0. The molecule has 1 aromatic heterocycles. The molecule has 0 radical (unpaired) electrons. The molecule has 0 aromatic carbocycles. The fourth-order valence-electron chi connectivity index (χ4n) is 1.39.